The second-order valence-electron chi connectivity index (χ2n) is 18.2. The molecule has 5 unspecified atom stereocenters. The average Bonchev–Trinajstić information content (AvgIpc) is 3.85. The zero-order chi connectivity index (χ0) is 43.4. The number of Topliss-reactive ketones (excluding diaryl/α,β-unsaturated/α-hetero) is 1. The van der Waals surface area contributed by atoms with Crippen LogP contribution in [0, 0.1) is 28.6 Å². The lowest BCUT2D eigenvalue weighted by atomic mass is 9.62. The molecule has 9 nitrogen and oxygen atoms in total. The van der Waals surface area contributed by atoms with E-state index in [4.69, 9.17) is 16.2 Å². The zero-order valence-corrected chi connectivity index (χ0v) is 37.2. The molecule has 3 aliphatic carbocycles. The molecule has 2 fully saturated rings. The smallest absolute Gasteiger partial charge is 0.165 e. The maximum absolute atomic E-state index is 14.2. The fourth-order valence-electron chi connectivity index (χ4n) is 10.5. The van der Waals surface area contributed by atoms with E-state index in [1.54, 1.807) is 29.1 Å². The van der Waals surface area contributed by atoms with Crippen molar-refractivity contribution in [1.29, 1.82) is 0 Å². The van der Waals surface area contributed by atoms with Gasteiger partial charge in [-0.2, -0.15) is 0 Å². The first kappa shape index (κ1) is 44.2. The Bertz CT molecular complexity index is 2400. The molecule has 1 aromatic heterocycles. The molecule has 8 rings (SSSR count). The molecule has 0 amide bonds. The minimum Gasteiger partial charge on any atom is -0.508 e. The van der Waals surface area contributed by atoms with Crippen molar-refractivity contribution in [2.75, 3.05) is 12.4 Å². The van der Waals surface area contributed by atoms with E-state index in [2.05, 4.69) is 29.0 Å². The van der Waals surface area contributed by atoms with E-state index in [9.17, 15) is 24.9 Å². The Morgan fingerprint density at radius 1 is 0.952 bits per heavy atom. The molecule has 326 valence electrons. The number of phenols is 2. The first-order valence-electron chi connectivity index (χ1n) is 22.2. The van der Waals surface area contributed by atoms with E-state index in [-0.39, 0.29) is 53.0 Å². The minimum absolute atomic E-state index is 0.0250. The number of fused-ring (bicyclic) bond motifs is 7. The second-order valence-corrected chi connectivity index (χ2v) is 20.7. The van der Waals surface area contributed by atoms with Gasteiger partial charge in [-0.3, -0.25) is 9.59 Å². The number of carbonyl (C=O) groups is 2. The Hall–Kier alpha value is -4.44. The third-order valence-electron chi connectivity index (χ3n) is 14.0. The van der Waals surface area contributed by atoms with Crippen LogP contribution in [-0.4, -0.2) is 50.3 Å². The van der Waals surface area contributed by atoms with Gasteiger partial charge < -0.3 is 36.5 Å². The number of ether oxygens (including phenoxy) is 1. The van der Waals surface area contributed by atoms with Crippen LogP contribution in [-0.2, 0) is 29.8 Å². The average molecular weight is 874 g/mol. The molecule has 0 radical (unpaired) electrons. The summed E-state index contributed by atoms with van der Waals surface area (Å²) in [5.41, 5.74) is 20.2. The number of hydrogen-bond acceptors (Lipinski definition) is 10. The van der Waals surface area contributed by atoms with Gasteiger partial charge >= 0.3 is 0 Å². The molecule has 0 spiro atoms. The number of H-pyrrole nitrogens is 1. The van der Waals surface area contributed by atoms with Crippen LogP contribution in [0.4, 0.5) is 0 Å². The second kappa shape index (κ2) is 19.1. The fraction of sp³-hybridized carbons (Fsp3) is 0.451. The molecular weight excluding hydrogens is 815 g/mol. The summed E-state index contributed by atoms with van der Waals surface area (Å²) in [6, 6.07) is 16.7. The summed E-state index contributed by atoms with van der Waals surface area (Å²) in [6.45, 7) is 2.11. The molecule has 4 aromatic rings. The summed E-state index contributed by atoms with van der Waals surface area (Å²) in [7, 11) is 3.69. The molecule has 3 aromatic carbocycles. The van der Waals surface area contributed by atoms with Crippen LogP contribution in [0.25, 0.3) is 0 Å². The third-order valence-corrected chi connectivity index (χ3v) is 16.5. The predicted octanol–water partition coefficient (Wildman–Crippen LogP) is 9.35. The summed E-state index contributed by atoms with van der Waals surface area (Å²) in [6.07, 6.45) is 14.9. The number of nitrogens with two attached hydrogens (primary N) is 2. The molecular formula is C51H59N3O6S2. The SMILES string of the molecule is CC(O)CCCC1CCC23CCC1(C=CC(=O)CCc1ccc(O)c(c1)OCCc1ccc(O)c(c1)C1CC(=O)c4cc[nH]c4CC#Cc4cc(C(N)N)c(cc41)CSSC2)C3. The highest BCUT2D eigenvalue weighted by Gasteiger charge is 2.53. The normalized spacial score (nSPS) is 24.8. The zero-order valence-electron chi connectivity index (χ0n) is 35.6. The van der Waals surface area contributed by atoms with E-state index < -0.39 is 12.1 Å². The molecule has 4 aliphatic rings. The Morgan fingerprint density at radius 3 is 2.60 bits per heavy atom. The van der Waals surface area contributed by atoms with E-state index >= 15 is 0 Å². The van der Waals surface area contributed by atoms with Crippen LogP contribution in [0.3, 0.4) is 0 Å². The Balaban J connectivity index is 1.16. The van der Waals surface area contributed by atoms with Crippen LogP contribution in [0.15, 0.2) is 72.9 Å². The first-order valence-corrected chi connectivity index (χ1v) is 24.7. The quantitative estimate of drug-likeness (QED) is 0.0645. The molecule has 8 bridgehead atoms. The van der Waals surface area contributed by atoms with Gasteiger partial charge in [-0.1, -0.05) is 70.2 Å². The Morgan fingerprint density at radius 2 is 1.77 bits per heavy atom. The molecule has 2 saturated carbocycles. The van der Waals surface area contributed by atoms with Gasteiger partial charge in [0.1, 0.15) is 5.75 Å². The number of aliphatic hydroxyl groups excluding tert-OH is 1. The first-order chi connectivity index (χ1) is 29.9. The number of hydrogen-bond donors (Lipinski definition) is 6. The van der Waals surface area contributed by atoms with Gasteiger partial charge in [0, 0.05) is 65.3 Å². The Kier molecular flexibility index (Phi) is 13.6. The summed E-state index contributed by atoms with van der Waals surface area (Å²) in [5, 5.41) is 32.4. The van der Waals surface area contributed by atoms with Gasteiger partial charge in [0.05, 0.1) is 25.3 Å². The molecule has 62 heavy (non-hydrogen) atoms. The van der Waals surface area contributed by atoms with Gasteiger partial charge in [-0.05, 0) is 139 Å². The van der Waals surface area contributed by atoms with Crippen molar-refractivity contribution in [3.63, 3.8) is 0 Å². The highest BCUT2D eigenvalue weighted by atomic mass is 33.1. The topological polar surface area (TPSA) is 172 Å². The van der Waals surface area contributed by atoms with Crippen LogP contribution in [0.5, 0.6) is 17.2 Å². The van der Waals surface area contributed by atoms with Gasteiger partial charge in [0.15, 0.2) is 23.1 Å². The number of carbonyl (C=O) groups excluding carboxylic acids is 2. The highest BCUT2D eigenvalue weighted by Crippen LogP contribution is 2.64. The number of aromatic hydroxyl groups is 2. The van der Waals surface area contributed by atoms with Crippen LogP contribution < -0.4 is 16.2 Å². The van der Waals surface area contributed by atoms with Crippen LogP contribution in [0.1, 0.15) is 138 Å². The number of aliphatic hydroxyl groups is 1. The van der Waals surface area contributed by atoms with E-state index in [1.807, 2.05) is 60.2 Å². The van der Waals surface area contributed by atoms with Crippen molar-refractivity contribution in [1.82, 2.24) is 4.98 Å². The summed E-state index contributed by atoms with van der Waals surface area (Å²) >= 11 is 0. The third kappa shape index (κ3) is 9.85. The highest BCUT2D eigenvalue weighted by molar-refractivity contribution is 8.76. The standard InChI is InChI=1S/C51H59N3O6S2/c1-32(55)4-2-6-37-14-18-50-20-21-51(37,30-50)19-15-38(56)11-8-33-10-13-46(58)48(25-33)60-23-17-34-9-12-45(57)43(24-34)42-28-47(59)39-16-22-54-44(39)7-3-5-35-26-41(49(52)53)36(27-40(35)42)29-61-62-31-50/h9-10,12-13,15-16,19,22,24-27,32,37,42,49,54-55,57-58H,2,4,6-8,11,14,17-18,20-21,23,28-31,52-53H2,1H3. The van der Waals surface area contributed by atoms with Crippen molar-refractivity contribution in [2.45, 2.75) is 114 Å². The number of benzene rings is 3. The molecule has 1 aliphatic heterocycles. The number of aryl methyl sites for hydroxylation is 1. The minimum atomic E-state index is -0.742. The van der Waals surface area contributed by atoms with Crippen molar-refractivity contribution < 1.29 is 29.6 Å². The number of allylic oxidation sites excluding steroid dienone is 2. The van der Waals surface area contributed by atoms with Crippen molar-refractivity contribution in [3.05, 3.63) is 123 Å². The number of ketones is 2. The molecule has 5 atom stereocenters. The number of aromatic amines is 1. The van der Waals surface area contributed by atoms with Crippen LogP contribution in [0.2, 0.25) is 0 Å². The van der Waals surface area contributed by atoms with Crippen molar-refractivity contribution in [2.24, 2.45) is 28.2 Å². The van der Waals surface area contributed by atoms with E-state index in [0.717, 1.165) is 96.2 Å². The molecule has 11 heteroatoms. The molecule has 2 heterocycles. The predicted molar refractivity (Wildman–Crippen MR) is 248 cm³/mol. The molecule has 8 N–H and O–H groups in total. The van der Waals surface area contributed by atoms with Gasteiger partial charge in [0.2, 0.25) is 0 Å². The van der Waals surface area contributed by atoms with E-state index in [0.29, 0.717) is 54.2 Å². The summed E-state index contributed by atoms with van der Waals surface area (Å²) in [4.78, 5) is 30.9. The number of aromatic nitrogens is 1. The maximum Gasteiger partial charge on any atom is 0.165 e. The summed E-state index contributed by atoms with van der Waals surface area (Å²) < 4.78 is 6.15. The Labute approximate surface area is 373 Å². The fourth-order valence-corrected chi connectivity index (χ4v) is 13.3. The number of phenolic OH excluding ortho intramolecular Hbond substituents is 2. The van der Waals surface area contributed by atoms with Crippen molar-refractivity contribution >= 4 is 33.2 Å². The lowest BCUT2D eigenvalue weighted by Gasteiger charge is -2.44. The molecule has 0 saturated heterocycles. The van der Waals surface area contributed by atoms with Crippen molar-refractivity contribution in [3.8, 4) is 29.1 Å². The largest absolute Gasteiger partial charge is 0.508 e. The lowest BCUT2D eigenvalue weighted by Crippen LogP contribution is -2.35. The summed E-state index contributed by atoms with van der Waals surface area (Å²) in [5.74, 6) is 8.79. The monoisotopic (exact) mass is 873 g/mol. The number of nitrogens with one attached hydrogen (secondary N) is 1. The lowest BCUT2D eigenvalue weighted by molar-refractivity contribution is -0.114. The van der Waals surface area contributed by atoms with E-state index in [1.165, 1.54) is 0 Å². The van der Waals surface area contributed by atoms with Crippen LogP contribution >= 0.6 is 21.6 Å². The maximum atomic E-state index is 14.2. The van der Waals surface area contributed by atoms with Gasteiger partial charge in [-0.25, -0.2) is 0 Å². The number of rotatable bonds is 5. The van der Waals surface area contributed by atoms with Gasteiger partial charge in [0.25, 0.3) is 0 Å². The van der Waals surface area contributed by atoms with Gasteiger partial charge in [-0.15, -0.1) is 0 Å².